The molecule has 4 aromatic rings. The molecule has 0 saturated heterocycles. The third-order valence-electron chi connectivity index (χ3n) is 4.62. The van der Waals surface area contributed by atoms with Crippen LogP contribution in [0.4, 0.5) is 5.13 Å². The lowest BCUT2D eigenvalue weighted by molar-refractivity contribution is -0.118. The number of benzene rings is 3. The lowest BCUT2D eigenvalue weighted by atomic mass is 10.0. The molecule has 0 aliphatic rings. The van der Waals surface area contributed by atoms with E-state index < -0.39 is 0 Å². The zero-order valence-corrected chi connectivity index (χ0v) is 19.4. The van der Waals surface area contributed by atoms with Gasteiger partial charge in [0.25, 0.3) is 5.91 Å². The van der Waals surface area contributed by atoms with Crippen LogP contribution < -0.4 is 10.1 Å². The highest BCUT2D eigenvalue weighted by Crippen LogP contribution is 2.28. The largest absolute Gasteiger partial charge is 0.484 e. The van der Waals surface area contributed by atoms with Crippen LogP contribution in [0.5, 0.6) is 5.75 Å². The third kappa shape index (κ3) is 6.28. The van der Waals surface area contributed by atoms with Crippen molar-refractivity contribution in [2.45, 2.75) is 10.1 Å². The van der Waals surface area contributed by atoms with Gasteiger partial charge in [0.15, 0.2) is 16.7 Å². The van der Waals surface area contributed by atoms with Crippen molar-refractivity contribution in [1.29, 1.82) is 5.26 Å². The maximum Gasteiger partial charge on any atom is 0.264 e. The molecule has 0 spiro atoms. The number of nitrogens with one attached hydrogen (secondary N) is 1. The normalized spacial score (nSPS) is 10.3. The molecule has 3 aromatic carbocycles. The minimum atomic E-state index is -0.357. The van der Waals surface area contributed by atoms with Gasteiger partial charge in [0.1, 0.15) is 5.75 Å². The molecule has 4 rings (SSSR count). The minimum absolute atomic E-state index is 0.0750. The third-order valence-corrected chi connectivity index (χ3v) is 6.66. The number of amides is 1. The van der Waals surface area contributed by atoms with Gasteiger partial charge in [-0.3, -0.25) is 14.9 Å². The fourth-order valence-electron chi connectivity index (χ4n) is 2.90. The summed E-state index contributed by atoms with van der Waals surface area (Å²) in [7, 11) is 0. The van der Waals surface area contributed by atoms with Gasteiger partial charge >= 0.3 is 0 Å². The van der Waals surface area contributed by atoms with Crippen molar-refractivity contribution in [3.05, 3.63) is 101 Å². The maximum atomic E-state index is 12.5. The SMILES string of the molecule is N#Cc1ccc(CSc2nnc(NC(=O)COc3ccc(C(=O)c4ccccc4)cc3)s2)cc1. The molecule has 0 radical (unpaired) electrons. The molecule has 0 unspecified atom stereocenters. The molecule has 34 heavy (non-hydrogen) atoms. The molecule has 1 heterocycles. The molecular weight excluding hydrogens is 468 g/mol. The minimum Gasteiger partial charge on any atom is -0.484 e. The number of anilines is 1. The molecule has 0 bridgehead atoms. The van der Waals surface area contributed by atoms with E-state index in [9.17, 15) is 9.59 Å². The summed E-state index contributed by atoms with van der Waals surface area (Å²) in [5, 5.41) is 20.0. The van der Waals surface area contributed by atoms with Gasteiger partial charge in [0.05, 0.1) is 11.6 Å². The topological polar surface area (TPSA) is 105 Å². The number of rotatable bonds is 9. The molecule has 0 fully saturated rings. The number of nitrogens with zero attached hydrogens (tertiary/aromatic N) is 3. The summed E-state index contributed by atoms with van der Waals surface area (Å²) in [6, 6.07) is 25.1. The van der Waals surface area contributed by atoms with Gasteiger partial charge in [0.2, 0.25) is 5.13 Å². The van der Waals surface area contributed by atoms with E-state index in [4.69, 9.17) is 10.00 Å². The average molecular weight is 487 g/mol. The Morgan fingerprint density at radius 3 is 2.35 bits per heavy atom. The van der Waals surface area contributed by atoms with Gasteiger partial charge in [-0.2, -0.15) is 5.26 Å². The molecule has 0 aliphatic carbocycles. The van der Waals surface area contributed by atoms with Gasteiger partial charge in [0, 0.05) is 16.9 Å². The molecule has 1 amide bonds. The monoisotopic (exact) mass is 486 g/mol. The number of ether oxygens (including phenoxy) is 1. The number of carbonyl (C=O) groups excluding carboxylic acids is 2. The van der Waals surface area contributed by atoms with Gasteiger partial charge in [-0.1, -0.05) is 65.6 Å². The number of hydrogen-bond acceptors (Lipinski definition) is 8. The van der Waals surface area contributed by atoms with E-state index in [2.05, 4.69) is 21.6 Å². The maximum absolute atomic E-state index is 12.5. The summed E-state index contributed by atoms with van der Waals surface area (Å²) in [5.41, 5.74) is 2.84. The molecule has 0 saturated carbocycles. The second kappa shape index (κ2) is 11.2. The summed E-state index contributed by atoms with van der Waals surface area (Å²) in [6.07, 6.45) is 0. The van der Waals surface area contributed by atoms with Crippen LogP contribution in [0.2, 0.25) is 0 Å². The van der Waals surface area contributed by atoms with Crippen LogP contribution in [-0.2, 0) is 10.5 Å². The number of aromatic nitrogens is 2. The number of nitriles is 1. The van der Waals surface area contributed by atoms with E-state index in [-0.39, 0.29) is 18.3 Å². The average Bonchev–Trinajstić information content (AvgIpc) is 3.34. The first kappa shape index (κ1) is 23.2. The van der Waals surface area contributed by atoms with Crippen LogP contribution >= 0.6 is 23.1 Å². The van der Waals surface area contributed by atoms with Crippen molar-refractivity contribution in [1.82, 2.24) is 10.2 Å². The Kier molecular flexibility index (Phi) is 7.65. The lowest BCUT2D eigenvalue weighted by Gasteiger charge is -2.07. The smallest absolute Gasteiger partial charge is 0.264 e. The van der Waals surface area contributed by atoms with Crippen molar-refractivity contribution >= 4 is 39.9 Å². The quantitative estimate of drug-likeness (QED) is 0.203. The van der Waals surface area contributed by atoms with Crippen LogP contribution in [0.15, 0.2) is 83.2 Å². The Morgan fingerprint density at radius 2 is 1.65 bits per heavy atom. The molecule has 7 nitrogen and oxygen atoms in total. The van der Waals surface area contributed by atoms with Crippen LogP contribution in [0.1, 0.15) is 27.0 Å². The predicted molar refractivity (Wildman–Crippen MR) is 131 cm³/mol. The highest BCUT2D eigenvalue weighted by atomic mass is 32.2. The first-order chi connectivity index (χ1) is 16.6. The highest BCUT2D eigenvalue weighted by Gasteiger charge is 2.11. The molecule has 168 valence electrons. The van der Waals surface area contributed by atoms with Gasteiger partial charge < -0.3 is 4.74 Å². The van der Waals surface area contributed by atoms with E-state index >= 15 is 0 Å². The first-order valence-electron chi connectivity index (χ1n) is 10.2. The number of ketones is 1. The summed E-state index contributed by atoms with van der Waals surface area (Å²) in [5.74, 6) is 0.731. The molecule has 0 aliphatic heterocycles. The Labute approximate surface area is 204 Å². The molecule has 1 aromatic heterocycles. The van der Waals surface area contributed by atoms with Crippen LogP contribution in [0.25, 0.3) is 0 Å². The molecule has 9 heteroatoms. The van der Waals surface area contributed by atoms with E-state index in [1.165, 1.54) is 23.1 Å². The van der Waals surface area contributed by atoms with Crippen molar-refractivity contribution in [3.8, 4) is 11.8 Å². The summed E-state index contributed by atoms with van der Waals surface area (Å²) in [4.78, 5) is 24.7. The van der Waals surface area contributed by atoms with Crippen molar-refractivity contribution in [2.24, 2.45) is 0 Å². The van der Waals surface area contributed by atoms with E-state index in [0.717, 1.165) is 9.90 Å². The van der Waals surface area contributed by atoms with Crippen LogP contribution in [0.3, 0.4) is 0 Å². The van der Waals surface area contributed by atoms with Crippen LogP contribution in [0, 0.1) is 11.3 Å². The number of thioether (sulfide) groups is 1. The Balaban J connectivity index is 1.24. The molecular formula is C25H18N4O3S2. The number of carbonyl (C=O) groups is 2. The van der Waals surface area contributed by atoms with E-state index in [1.807, 2.05) is 30.3 Å². The Morgan fingerprint density at radius 1 is 0.941 bits per heavy atom. The molecule has 1 N–H and O–H groups in total. The molecule has 0 atom stereocenters. The van der Waals surface area contributed by atoms with Crippen molar-refractivity contribution < 1.29 is 14.3 Å². The number of hydrogen-bond donors (Lipinski definition) is 1. The van der Waals surface area contributed by atoms with Crippen LogP contribution in [-0.4, -0.2) is 28.5 Å². The first-order valence-corrected chi connectivity index (χ1v) is 12.0. The zero-order valence-electron chi connectivity index (χ0n) is 17.8. The van der Waals surface area contributed by atoms with E-state index in [1.54, 1.807) is 48.5 Å². The lowest BCUT2D eigenvalue weighted by Crippen LogP contribution is -2.20. The highest BCUT2D eigenvalue weighted by molar-refractivity contribution is 8.00. The van der Waals surface area contributed by atoms with Crippen molar-refractivity contribution in [2.75, 3.05) is 11.9 Å². The Bertz CT molecular complexity index is 1320. The summed E-state index contributed by atoms with van der Waals surface area (Å²) in [6.45, 7) is -0.195. The predicted octanol–water partition coefficient (Wildman–Crippen LogP) is 4.95. The van der Waals surface area contributed by atoms with Crippen molar-refractivity contribution in [3.63, 3.8) is 0 Å². The van der Waals surface area contributed by atoms with Gasteiger partial charge in [-0.05, 0) is 42.0 Å². The fourth-order valence-corrected chi connectivity index (χ4v) is 4.63. The summed E-state index contributed by atoms with van der Waals surface area (Å²) < 4.78 is 6.24. The van der Waals surface area contributed by atoms with Gasteiger partial charge in [-0.15, -0.1) is 10.2 Å². The fraction of sp³-hybridized carbons (Fsp3) is 0.0800. The second-order valence-corrected chi connectivity index (χ2v) is 9.23. The van der Waals surface area contributed by atoms with E-state index in [0.29, 0.717) is 33.3 Å². The second-order valence-electron chi connectivity index (χ2n) is 7.03. The standard InChI is InChI=1S/C25H18N4O3S2/c26-14-17-6-8-18(9-7-17)16-33-25-29-28-24(34-25)27-22(30)15-32-21-12-10-20(11-13-21)23(31)19-4-2-1-3-5-19/h1-13H,15-16H2,(H,27,28,30). The van der Waals surface area contributed by atoms with Gasteiger partial charge in [-0.25, -0.2) is 0 Å². The summed E-state index contributed by atoms with van der Waals surface area (Å²) >= 11 is 2.78. The Hall–Kier alpha value is -4.00. The zero-order chi connectivity index (χ0) is 23.8.